The van der Waals surface area contributed by atoms with Gasteiger partial charge in [-0.3, -0.25) is 14.5 Å². The average Bonchev–Trinajstić information content (AvgIpc) is 3.04. The molecular weight excluding hydrogens is 491 g/mol. The van der Waals surface area contributed by atoms with Gasteiger partial charge in [0.25, 0.3) is 5.91 Å². The SMILES string of the molecule is O=C1c2oc3ccc(Br)cc3c(=O)c2C(c2ccc(Cl)c(Cl)c2)N1c1ccccn1. The topological polar surface area (TPSA) is 63.4 Å². The number of pyridine rings is 1. The van der Waals surface area contributed by atoms with Crippen LogP contribution in [0.1, 0.15) is 27.7 Å². The summed E-state index contributed by atoms with van der Waals surface area (Å²) >= 11 is 15.7. The van der Waals surface area contributed by atoms with E-state index in [0.717, 1.165) is 4.47 Å². The minimum absolute atomic E-state index is 0.00320. The summed E-state index contributed by atoms with van der Waals surface area (Å²) in [5.41, 5.74) is 0.930. The normalized spacial score (nSPS) is 15.6. The Morgan fingerprint density at radius 1 is 1.00 bits per heavy atom. The van der Waals surface area contributed by atoms with Crippen molar-refractivity contribution < 1.29 is 9.21 Å². The smallest absolute Gasteiger partial charge is 0.296 e. The lowest BCUT2D eigenvalue weighted by Gasteiger charge is -2.24. The number of rotatable bonds is 2. The number of halogens is 3. The molecule has 0 saturated carbocycles. The first-order valence-electron chi connectivity index (χ1n) is 8.91. The number of nitrogens with zero attached hydrogens (tertiary/aromatic N) is 2. The van der Waals surface area contributed by atoms with Gasteiger partial charge in [0.05, 0.1) is 27.0 Å². The fraction of sp³-hybridized carbons (Fsp3) is 0.0455. The van der Waals surface area contributed by atoms with Crippen molar-refractivity contribution in [3.8, 4) is 0 Å². The fourth-order valence-electron chi connectivity index (χ4n) is 3.68. The van der Waals surface area contributed by atoms with Crippen LogP contribution in [0.5, 0.6) is 0 Å². The van der Waals surface area contributed by atoms with Crippen LogP contribution in [0.3, 0.4) is 0 Å². The molecule has 2 aromatic carbocycles. The quantitative estimate of drug-likeness (QED) is 0.337. The van der Waals surface area contributed by atoms with E-state index < -0.39 is 11.9 Å². The minimum atomic E-state index is -0.753. The summed E-state index contributed by atoms with van der Waals surface area (Å²) in [5.74, 6) is -0.0483. The highest BCUT2D eigenvalue weighted by Crippen LogP contribution is 2.41. The van der Waals surface area contributed by atoms with Crippen molar-refractivity contribution in [2.24, 2.45) is 0 Å². The Hall–Kier alpha value is -2.67. The molecule has 1 aliphatic heterocycles. The molecule has 0 fully saturated rings. The van der Waals surface area contributed by atoms with E-state index in [2.05, 4.69) is 20.9 Å². The summed E-state index contributed by atoms with van der Waals surface area (Å²) in [6.07, 6.45) is 1.58. The zero-order valence-corrected chi connectivity index (χ0v) is 18.2. The van der Waals surface area contributed by atoms with Gasteiger partial charge in [-0.25, -0.2) is 4.98 Å². The molecule has 0 N–H and O–H groups in total. The molecule has 3 heterocycles. The van der Waals surface area contributed by atoms with Gasteiger partial charge in [0.15, 0.2) is 5.43 Å². The number of hydrogen-bond acceptors (Lipinski definition) is 4. The first-order valence-corrected chi connectivity index (χ1v) is 10.5. The molecule has 148 valence electrons. The maximum absolute atomic E-state index is 13.5. The number of fused-ring (bicyclic) bond motifs is 2. The van der Waals surface area contributed by atoms with E-state index in [1.54, 1.807) is 60.8 Å². The number of hydrogen-bond donors (Lipinski definition) is 0. The van der Waals surface area contributed by atoms with Gasteiger partial charge >= 0.3 is 0 Å². The molecule has 0 bridgehead atoms. The monoisotopic (exact) mass is 500 g/mol. The first-order chi connectivity index (χ1) is 14.5. The van der Waals surface area contributed by atoms with Gasteiger partial charge in [-0.2, -0.15) is 0 Å². The van der Waals surface area contributed by atoms with Gasteiger partial charge in [0.1, 0.15) is 11.4 Å². The summed E-state index contributed by atoms with van der Waals surface area (Å²) in [5, 5.41) is 1.08. The van der Waals surface area contributed by atoms with E-state index in [1.807, 2.05) is 0 Å². The van der Waals surface area contributed by atoms with Crippen LogP contribution >= 0.6 is 39.1 Å². The highest BCUT2D eigenvalue weighted by molar-refractivity contribution is 9.10. The molecule has 5 nitrogen and oxygen atoms in total. The van der Waals surface area contributed by atoms with Gasteiger partial charge < -0.3 is 4.42 Å². The number of anilines is 1. The number of carbonyl (C=O) groups excluding carboxylic acids is 1. The minimum Gasteiger partial charge on any atom is -0.450 e. The van der Waals surface area contributed by atoms with Crippen LogP contribution < -0.4 is 10.3 Å². The zero-order valence-electron chi connectivity index (χ0n) is 15.1. The van der Waals surface area contributed by atoms with Crippen LogP contribution in [-0.4, -0.2) is 10.9 Å². The van der Waals surface area contributed by atoms with Crippen molar-refractivity contribution in [1.29, 1.82) is 0 Å². The Bertz CT molecular complexity index is 1390. The van der Waals surface area contributed by atoms with Crippen LogP contribution in [0, 0.1) is 0 Å². The maximum atomic E-state index is 13.5. The van der Waals surface area contributed by atoms with Crippen molar-refractivity contribution in [2.45, 2.75) is 6.04 Å². The first kappa shape index (κ1) is 19.3. The molecule has 4 aromatic rings. The molecule has 1 aliphatic rings. The van der Waals surface area contributed by atoms with Gasteiger partial charge in [-0.15, -0.1) is 0 Å². The van der Waals surface area contributed by atoms with E-state index in [9.17, 15) is 9.59 Å². The van der Waals surface area contributed by atoms with Crippen LogP contribution in [0.25, 0.3) is 11.0 Å². The second-order valence-electron chi connectivity index (χ2n) is 6.75. The predicted octanol–water partition coefficient (Wildman–Crippen LogP) is 6.01. The summed E-state index contributed by atoms with van der Waals surface area (Å²) in [6, 6.07) is 14.6. The zero-order chi connectivity index (χ0) is 21.0. The lowest BCUT2D eigenvalue weighted by molar-refractivity contribution is 0.0970. The Kier molecular flexibility index (Phi) is 4.65. The van der Waals surface area contributed by atoms with E-state index in [4.69, 9.17) is 27.6 Å². The molecule has 1 atom stereocenters. The standard InChI is InChI=1S/C22H11BrCl2N2O3/c23-12-5-7-16-13(10-12)20(28)18-19(11-4-6-14(24)15(25)9-11)27(22(29)21(18)30-16)17-3-1-2-8-26-17/h1-10,19H. The molecule has 0 spiro atoms. The third-order valence-corrected chi connectivity index (χ3v) is 6.22. The molecule has 0 radical (unpaired) electrons. The molecule has 1 unspecified atom stereocenters. The molecule has 1 amide bonds. The summed E-state index contributed by atoms with van der Waals surface area (Å²) in [6.45, 7) is 0. The maximum Gasteiger partial charge on any atom is 0.296 e. The van der Waals surface area contributed by atoms with Crippen molar-refractivity contribution >= 4 is 61.8 Å². The molecule has 0 aliphatic carbocycles. The van der Waals surface area contributed by atoms with E-state index in [-0.39, 0.29) is 16.8 Å². The third kappa shape index (κ3) is 2.95. The second kappa shape index (κ2) is 7.23. The number of carbonyl (C=O) groups is 1. The predicted molar refractivity (Wildman–Crippen MR) is 120 cm³/mol. The molecule has 30 heavy (non-hydrogen) atoms. The van der Waals surface area contributed by atoms with E-state index in [0.29, 0.717) is 32.4 Å². The average molecular weight is 502 g/mol. The number of benzene rings is 2. The summed E-state index contributed by atoms with van der Waals surface area (Å²) < 4.78 is 6.65. The Balaban J connectivity index is 1.84. The molecular formula is C22H11BrCl2N2O3. The molecule has 0 saturated heterocycles. The fourth-order valence-corrected chi connectivity index (χ4v) is 4.34. The van der Waals surface area contributed by atoms with Gasteiger partial charge in [-0.1, -0.05) is 51.3 Å². The largest absolute Gasteiger partial charge is 0.450 e. The van der Waals surface area contributed by atoms with E-state index in [1.165, 1.54) is 4.90 Å². The molecule has 8 heteroatoms. The summed E-state index contributed by atoms with van der Waals surface area (Å²) in [7, 11) is 0. The van der Waals surface area contributed by atoms with Gasteiger partial charge in [0.2, 0.25) is 5.76 Å². The van der Waals surface area contributed by atoms with Gasteiger partial charge in [-0.05, 0) is 48.0 Å². The lowest BCUT2D eigenvalue weighted by Crippen LogP contribution is -2.30. The van der Waals surface area contributed by atoms with Gasteiger partial charge in [0, 0.05) is 10.7 Å². The number of amides is 1. The van der Waals surface area contributed by atoms with Crippen LogP contribution in [0.2, 0.25) is 10.0 Å². The van der Waals surface area contributed by atoms with E-state index >= 15 is 0 Å². The third-order valence-electron chi connectivity index (χ3n) is 4.99. The summed E-state index contributed by atoms with van der Waals surface area (Å²) in [4.78, 5) is 32.6. The van der Waals surface area contributed by atoms with Crippen LogP contribution in [0.4, 0.5) is 5.82 Å². The van der Waals surface area contributed by atoms with Crippen LogP contribution in [0.15, 0.2) is 74.5 Å². The van der Waals surface area contributed by atoms with Crippen molar-refractivity contribution in [3.63, 3.8) is 0 Å². The Morgan fingerprint density at radius 3 is 2.57 bits per heavy atom. The number of aromatic nitrogens is 1. The Morgan fingerprint density at radius 2 is 1.83 bits per heavy atom. The van der Waals surface area contributed by atoms with Crippen LogP contribution in [-0.2, 0) is 0 Å². The second-order valence-corrected chi connectivity index (χ2v) is 8.48. The highest BCUT2D eigenvalue weighted by atomic mass is 79.9. The Labute approximate surface area is 189 Å². The molecule has 2 aromatic heterocycles. The highest BCUT2D eigenvalue weighted by Gasteiger charge is 2.44. The van der Waals surface area contributed by atoms with Crippen molar-refractivity contribution in [2.75, 3.05) is 4.90 Å². The van der Waals surface area contributed by atoms with Crippen molar-refractivity contribution in [3.05, 3.63) is 102 Å². The van der Waals surface area contributed by atoms with Crippen molar-refractivity contribution in [1.82, 2.24) is 4.98 Å². The molecule has 5 rings (SSSR count). The lowest BCUT2D eigenvalue weighted by atomic mass is 9.98.